The summed E-state index contributed by atoms with van der Waals surface area (Å²) in [6, 6.07) is 4.60. The second-order valence-corrected chi connectivity index (χ2v) is 14.0. The van der Waals surface area contributed by atoms with Gasteiger partial charge in [-0.1, -0.05) is 83.2 Å². The predicted molar refractivity (Wildman–Crippen MR) is 159 cm³/mol. The van der Waals surface area contributed by atoms with Crippen LogP contribution in [0.2, 0.25) is 5.02 Å². The molecule has 222 valence electrons. The molecule has 8 heteroatoms. The van der Waals surface area contributed by atoms with Crippen molar-refractivity contribution in [3.05, 3.63) is 40.9 Å². The summed E-state index contributed by atoms with van der Waals surface area (Å²) in [4.78, 5) is 44.6. The van der Waals surface area contributed by atoms with Crippen LogP contribution in [0.1, 0.15) is 71.8 Å². The molecule has 5 aliphatic rings. The van der Waals surface area contributed by atoms with Gasteiger partial charge in [-0.2, -0.15) is 0 Å². The van der Waals surface area contributed by atoms with E-state index in [-0.39, 0.29) is 35.7 Å². The first-order chi connectivity index (χ1) is 19.5. The third-order valence-electron chi connectivity index (χ3n) is 11.4. The summed E-state index contributed by atoms with van der Waals surface area (Å²) in [6.07, 6.45) is 9.42. The van der Waals surface area contributed by atoms with Crippen molar-refractivity contribution in [2.75, 3.05) is 5.32 Å². The van der Waals surface area contributed by atoms with Crippen molar-refractivity contribution in [2.45, 2.75) is 103 Å². The summed E-state index contributed by atoms with van der Waals surface area (Å²) in [5.41, 5.74) is 0.351. The molecular weight excluding hydrogens is 538 g/mol. The number of benzene rings is 1. The van der Waals surface area contributed by atoms with Crippen molar-refractivity contribution in [3.8, 4) is 0 Å². The minimum absolute atomic E-state index is 0.0642. The maximum atomic E-state index is 14.5. The van der Waals surface area contributed by atoms with Crippen molar-refractivity contribution in [2.24, 2.45) is 35.5 Å². The van der Waals surface area contributed by atoms with Crippen molar-refractivity contribution < 1.29 is 19.1 Å². The molecule has 1 aromatic carbocycles. The van der Waals surface area contributed by atoms with E-state index < -0.39 is 29.6 Å². The molecular formula is C33H44ClN3O4. The third-order valence-corrected chi connectivity index (χ3v) is 11.8. The highest BCUT2D eigenvalue weighted by Crippen LogP contribution is 2.57. The molecule has 2 saturated carbocycles. The van der Waals surface area contributed by atoms with Gasteiger partial charge in [-0.3, -0.25) is 14.4 Å². The lowest BCUT2D eigenvalue weighted by molar-refractivity contribution is -0.146. The molecule has 2 saturated heterocycles. The second-order valence-electron chi connectivity index (χ2n) is 13.6. The number of fused-ring (bicyclic) bond motifs is 1. The standard InChI is InChI=1S/C33H44ClN3O4/c1-17-8-6-10-24(20(17)4)36-31(39)29-33-15-14-26(41-33)27(30(38)35-22-13-12-19(3)23(34)16-22)28(33)32(40)37(29)25-11-7-9-18(2)21(25)5/h12-18,20-21,24-29H,6-11H2,1-5H3,(H,35,38)(H,36,39)/t17?,18?,20?,21?,24?,25?,26-,27?,28-,29?,33?/m0/s1. The average Bonchev–Trinajstić information content (AvgIpc) is 3.58. The maximum absolute atomic E-state index is 14.5. The van der Waals surface area contributed by atoms with Gasteiger partial charge in [0.05, 0.1) is 17.9 Å². The molecule has 9 unspecified atom stereocenters. The van der Waals surface area contributed by atoms with Crippen LogP contribution in [0, 0.1) is 42.4 Å². The lowest BCUT2D eigenvalue weighted by Crippen LogP contribution is -2.61. The van der Waals surface area contributed by atoms with E-state index in [1.54, 1.807) is 6.07 Å². The monoisotopic (exact) mass is 581 g/mol. The van der Waals surface area contributed by atoms with E-state index in [4.69, 9.17) is 16.3 Å². The van der Waals surface area contributed by atoms with Gasteiger partial charge in [0.25, 0.3) is 0 Å². The summed E-state index contributed by atoms with van der Waals surface area (Å²) in [5, 5.41) is 6.93. The zero-order valence-electron chi connectivity index (χ0n) is 24.9. The summed E-state index contributed by atoms with van der Waals surface area (Å²) in [7, 11) is 0. The zero-order valence-corrected chi connectivity index (χ0v) is 25.6. The first-order valence-corrected chi connectivity index (χ1v) is 16.0. The fourth-order valence-corrected chi connectivity index (χ4v) is 8.63. The van der Waals surface area contributed by atoms with Crippen LogP contribution in [-0.2, 0) is 19.1 Å². The Morgan fingerprint density at radius 2 is 1.71 bits per heavy atom. The van der Waals surface area contributed by atoms with Gasteiger partial charge in [-0.25, -0.2) is 0 Å². The smallest absolute Gasteiger partial charge is 0.246 e. The highest BCUT2D eigenvalue weighted by atomic mass is 35.5. The quantitative estimate of drug-likeness (QED) is 0.449. The van der Waals surface area contributed by atoms with E-state index >= 15 is 0 Å². The Morgan fingerprint density at radius 1 is 1.00 bits per heavy atom. The van der Waals surface area contributed by atoms with Crippen LogP contribution in [0.15, 0.2) is 30.4 Å². The third kappa shape index (κ3) is 4.62. The average molecular weight is 582 g/mol. The van der Waals surface area contributed by atoms with E-state index in [9.17, 15) is 14.4 Å². The van der Waals surface area contributed by atoms with Crippen molar-refractivity contribution >= 4 is 35.0 Å². The van der Waals surface area contributed by atoms with E-state index in [2.05, 4.69) is 38.3 Å². The Hall–Kier alpha value is -2.38. The number of nitrogens with zero attached hydrogens (tertiary/aromatic N) is 1. The molecule has 0 radical (unpaired) electrons. The molecule has 3 aliphatic heterocycles. The van der Waals surface area contributed by atoms with Crippen LogP contribution >= 0.6 is 11.6 Å². The van der Waals surface area contributed by atoms with Gasteiger partial charge < -0.3 is 20.3 Å². The lowest BCUT2D eigenvalue weighted by Gasteiger charge is -2.44. The summed E-state index contributed by atoms with van der Waals surface area (Å²) in [5.74, 6) is -0.447. The number of carbonyl (C=O) groups excluding carboxylic acids is 3. The highest BCUT2D eigenvalue weighted by Gasteiger charge is 2.73. The predicted octanol–water partition coefficient (Wildman–Crippen LogP) is 5.50. The fourth-order valence-electron chi connectivity index (χ4n) is 8.45. The van der Waals surface area contributed by atoms with Gasteiger partial charge in [0.15, 0.2) is 0 Å². The normalized spacial score (nSPS) is 41.4. The molecule has 1 spiro atoms. The van der Waals surface area contributed by atoms with E-state index in [0.29, 0.717) is 28.5 Å². The Morgan fingerprint density at radius 3 is 2.44 bits per heavy atom. The number of aryl methyl sites for hydroxylation is 1. The zero-order chi connectivity index (χ0) is 29.2. The molecule has 41 heavy (non-hydrogen) atoms. The molecule has 2 aliphatic carbocycles. The van der Waals surface area contributed by atoms with Crippen molar-refractivity contribution in [3.63, 3.8) is 0 Å². The first-order valence-electron chi connectivity index (χ1n) is 15.6. The fraction of sp³-hybridized carbons (Fsp3) is 0.667. The summed E-state index contributed by atoms with van der Waals surface area (Å²) < 4.78 is 6.60. The van der Waals surface area contributed by atoms with Crippen LogP contribution in [-0.4, -0.2) is 52.5 Å². The van der Waals surface area contributed by atoms with Gasteiger partial charge in [0.1, 0.15) is 11.6 Å². The molecule has 6 rings (SSSR count). The molecule has 3 heterocycles. The Kier molecular flexibility index (Phi) is 7.51. The molecule has 4 fully saturated rings. The SMILES string of the molecule is Cc1ccc(NC(=O)C2[C@@H]3C=CC4(O3)C(C(=O)NC3CCCC(C)C3C)N(C3CCCC(C)C3C)C(=O)[C@H]24)cc1Cl. The van der Waals surface area contributed by atoms with Crippen molar-refractivity contribution in [1.29, 1.82) is 0 Å². The number of hydrogen-bond acceptors (Lipinski definition) is 4. The number of amides is 3. The van der Waals surface area contributed by atoms with Crippen LogP contribution < -0.4 is 10.6 Å². The number of likely N-dealkylation sites (tertiary alicyclic amines) is 1. The topological polar surface area (TPSA) is 87.7 Å². The molecule has 3 amide bonds. The molecule has 1 aromatic rings. The number of hydrogen-bond donors (Lipinski definition) is 2. The lowest BCUT2D eigenvalue weighted by atomic mass is 9.73. The van der Waals surface area contributed by atoms with Crippen LogP contribution in [0.4, 0.5) is 5.69 Å². The summed E-state index contributed by atoms with van der Waals surface area (Å²) >= 11 is 6.32. The molecule has 2 N–H and O–H groups in total. The Labute approximate surface area is 248 Å². The molecule has 7 nitrogen and oxygen atoms in total. The van der Waals surface area contributed by atoms with Gasteiger partial charge in [-0.15, -0.1) is 0 Å². The number of ether oxygens (including phenoxy) is 1. The summed E-state index contributed by atoms with van der Waals surface area (Å²) in [6.45, 7) is 10.8. The van der Waals surface area contributed by atoms with Gasteiger partial charge in [0.2, 0.25) is 17.7 Å². The van der Waals surface area contributed by atoms with Gasteiger partial charge in [-0.05, 0) is 61.1 Å². The van der Waals surface area contributed by atoms with E-state index in [0.717, 1.165) is 37.7 Å². The largest absolute Gasteiger partial charge is 0.359 e. The number of rotatable bonds is 5. The number of nitrogens with one attached hydrogen (secondary N) is 2. The van der Waals surface area contributed by atoms with Crippen molar-refractivity contribution in [1.82, 2.24) is 10.2 Å². The Balaban J connectivity index is 1.34. The van der Waals surface area contributed by atoms with Crippen LogP contribution in [0.5, 0.6) is 0 Å². The van der Waals surface area contributed by atoms with Gasteiger partial charge >= 0.3 is 0 Å². The minimum atomic E-state index is -1.15. The Bertz CT molecular complexity index is 1270. The number of halogens is 1. The number of carbonyl (C=O) groups is 3. The van der Waals surface area contributed by atoms with Gasteiger partial charge in [0, 0.05) is 22.8 Å². The van der Waals surface area contributed by atoms with Crippen LogP contribution in [0.3, 0.4) is 0 Å². The maximum Gasteiger partial charge on any atom is 0.246 e. The van der Waals surface area contributed by atoms with E-state index in [1.807, 2.05) is 36.1 Å². The minimum Gasteiger partial charge on any atom is -0.359 e. The molecule has 2 bridgehead atoms. The highest BCUT2D eigenvalue weighted by molar-refractivity contribution is 6.31. The number of anilines is 1. The van der Waals surface area contributed by atoms with E-state index in [1.165, 1.54) is 6.42 Å². The molecule has 0 aromatic heterocycles. The first kappa shape index (κ1) is 28.7. The second kappa shape index (κ2) is 10.7. The van der Waals surface area contributed by atoms with Crippen LogP contribution in [0.25, 0.3) is 0 Å². The molecule has 11 atom stereocenters.